The van der Waals surface area contributed by atoms with Crippen LogP contribution in [-0.4, -0.2) is 33.7 Å². The molecular weight excluding hydrogens is 336 g/mol. The molecule has 0 aromatic heterocycles. The van der Waals surface area contributed by atoms with Gasteiger partial charge in [-0.15, -0.1) is 0 Å². The van der Waals surface area contributed by atoms with E-state index in [0.29, 0.717) is 6.54 Å². The summed E-state index contributed by atoms with van der Waals surface area (Å²) in [6.45, 7) is 1.52. The van der Waals surface area contributed by atoms with Gasteiger partial charge >= 0.3 is 0 Å². The quantitative estimate of drug-likeness (QED) is 0.856. The highest BCUT2D eigenvalue weighted by molar-refractivity contribution is 7.90. The topological polar surface area (TPSA) is 75.3 Å². The average molecular weight is 358 g/mol. The second-order valence-electron chi connectivity index (χ2n) is 6.39. The van der Waals surface area contributed by atoms with E-state index < -0.39 is 9.84 Å². The van der Waals surface area contributed by atoms with Crippen molar-refractivity contribution in [1.82, 2.24) is 10.6 Å². The highest BCUT2D eigenvalue weighted by Crippen LogP contribution is 2.25. The predicted molar refractivity (Wildman–Crippen MR) is 97.0 cm³/mol. The molecule has 6 heteroatoms. The van der Waals surface area contributed by atoms with Crippen molar-refractivity contribution >= 4 is 15.7 Å². The van der Waals surface area contributed by atoms with E-state index in [9.17, 15) is 13.2 Å². The Bertz CT molecular complexity index is 844. The van der Waals surface area contributed by atoms with Gasteiger partial charge in [-0.25, -0.2) is 8.42 Å². The Balaban J connectivity index is 1.95. The minimum atomic E-state index is -3.31. The molecule has 2 atom stereocenters. The third-order valence-corrected chi connectivity index (χ3v) is 5.58. The van der Waals surface area contributed by atoms with Crippen LogP contribution in [0.3, 0.4) is 0 Å². The standard InChI is InChI=1S/C19H22N2O3S/c1-25(23,24)17-9-5-8-15(12-17)18(14-6-3-2-4-7-14)21-19(22)16-10-11-20-13-16/h2-9,12,16,18,20H,10-11,13H2,1H3,(H,21,22). The maximum atomic E-state index is 12.6. The summed E-state index contributed by atoms with van der Waals surface area (Å²) >= 11 is 0. The molecule has 5 nitrogen and oxygen atoms in total. The van der Waals surface area contributed by atoms with Crippen molar-refractivity contribution in [2.24, 2.45) is 5.92 Å². The molecule has 1 aliphatic heterocycles. The van der Waals surface area contributed by atoms with Gasteiger partial charge in [0.2, 0.25) is 5.91 Å². The molecular formula is C19H22N2O3S. The highest BCUT2D eigenvalue weighted by atomic mass is 32.2. The Morgan fingerprint density at radius 3 is 2.48 bits per heavy atom. The Labute approximate surface area is 148 Å². The van der Waals surface area contributed by atoms with Crippen molar-refractivity contribution in [2.45, 2.75) is 17.4 Å². The van der Waals surface area contributed by atoms with Crippen molar-refractivity contribution in [3.05, 3.63) is 65.7 Å². The fourth-order valence-corrected chi connectivity index (χ4v) is 3.74. The Hall–Kier alpha value is -2.18. The van der Waals surface area contributed by atoms with Gasteiger partial charge in [0.05, 0.1) is 16.9 Å². The largest absolute Gasteiger partial charge is 0.345 e. The minimum Gasteiger partial charge on any atom is -0.345 e. The molecule has 0 saturated carbocycles. The summed E-state index contributed by atoms with van der Waals surface area (Å²) in [5, 5.41) is 6.29. The third kappa shape index (κ3) is 4.27. The minimum absolute atomic E-state index is 0.0105. The molecule has 1 fully saturated rings. The van der Waals surface area contributed by atoms with E-state index in [4.69, 9.17) is 0 Å². The molecule has 0 spiro atoms. The van der Waals surface area contributed by atoms with Crippen molar-refractivity contribution in [1.29, 1.82) is 0 Å². The third-order valence-electron chi connectivity index (χ3n) is 4.47. The molecule has 1 heterocycles. The van der Waals surface area contributed by atoms with E-state index >= 15 is 0 Å². The number of amides is 1. The molecule has 0 bridgehead atoms. The second kappa shape index (κ2) is 7.37. The first-order valence-corrected chi connectivity index (χ1v) is 10.2. The van der Waals surface area contributed by atoms with Gasteiger partial charge in [0.15, 0.2) is 9.84 Å². The normalized spacial score (nSPS) is 18.7. The first-order chi connectivity index (χ1) is 11.9. The van der Waals surface area contributed by atoms with Crippen LogP contribution < -0.4 is 10.6 Å². The number of hydrogen-bond acceptors (Lipinski definition) is 4. The zero-order valence-corrected chi connectivity index (χ0v) is 14.9. The first kappa shape index (κ1) is 17.6. The Kier molecular flexibility index (Phi) is 5.20. The zero-order valence-electron chi connectivity index (χ0n) is 14.1. The molecule has 2 unspecified atom stereocenters. The number of sulfone groups is 1. The van der Waals surface area contributed by atoms with E-state index in [1.54, 1.807) is 18.2 Å². The Morgan fingerprint density at radius 1 is 1.12 bits per heavy atom. The van der Waals surface area contributed by atoms with Crippen LogP contribution in [0, 0.1) is 5.92 Å². The van der Waals surface area contributed by atoms with Crippen molar-refractivity contribution in [3.63, 3.8) is 0 Å². The van der Waals surface area contributed by atoms with Crippen LogP contribution in [0.15, 0.2) is 59.5 Å². The summed E-state index contributed by atoms with van der Waals surface area (Å²) in [4.78, 5) is 12.9. The molecule has 132 valence electrons. The lowest BCUT2D eigenvalue weighted by molar-refractivity contribution is -0.124. The number of carbonyl (C=O) groups excluding carboxylic acids is 1. The van der Waals surface area contributed by atoms with Crippen LogP contribution in [0.1, 0.15) is 23.6 Å². The zero-order chi connectivity index (χ0) is 17.9. The lowest BCUT2D eigenvalue weighted by atomic mass is 9.97. The average Bonchev–Trinajstić information content (AvgIpc) is 3.14. The summed E-state index contributed by atoms with van der Waals surface area (Å²) in [7, 11) is -3.31. The van der Waals surface area contributed by atoms with Crippen LogP contribution in [0.25, 0.3) is 0 Å². The van der Waals surface area contributed by atoms with Gasteiger partial charge in [0.25, 0.3) is 0 Å². The Morgan fingerprint density at radius 2 is 1.84 bits per heavy atom. The first-order valence-electron chi connectivity index (χ1n) is 8.31. The summed E-state index contributed by atoms with van der Waals surface area (Å²) in [5.41, 5.74) is 1.68. The van der Waals surface area contributed by atoms with Gasteiger partial charge in [-0.1, -0.05) is 42.5 Å². The molecule has 2 aromatic rings. The van der Waals surface area contributed by atoms with Gasteiger partial charge in [0.1, 0.15) is 0 Å². The fourth-order valence-electron chi connectivity index (χ4n) is 3.07. The molecule has 3 rings (SSSR count). The smallest absolute Gasteiger partial charge is 0.225 e. The summed E-state index contributed by atoms with van der Waals surface area (Å²) in [6.07, 6.45) is 2.00. The van der Waals surface area contributed by atoms with Crippen LogP contribution in [0.2, 0.25) is 0 Å². The molecule has 2 aromatic carbocycles. The van der Waals surface area contributed by atoms with E-state index in [-0.39, 0.29) is 22.8 Å². The molecule has 0 aliphatic carbocycles. The number of benzene rings is 2. The fraction of sp³-hybridized carbons (Fsp3) is 0.316. The summed E-state index contributed by atoms with van der Waals surface area (Å²) < 4.78 is 23.8. The number of nitrogens with one attached hydrogen (secondary N) is 2. The SMILES string of the molecule is CS(=O)(=O)c1cccc(C(NC(=O)C2CCNC2)c2ccccc2)c1. The lowest BCUT2D eigenvalue weighted by Crippen LogP contribution is -2.35. The van der Waals surface area contributed by atoms with Crippen molar-refractivity contribution in [2.75, 3.05) is 19.3 Å². The molecule has 0 radical (unpaired) electrons. The van der Waals surface area contributed by atoms with Gasteiger partial charge in [-0.3, -0.25) is 4.79 Å². The van der Waals surface area contributed by atoms with E-state index in [2.05, 4.69) is 10.6 Å². The number of carbonyl (C=O) groups is 1. The van der Waals surface area contributed by atoms with Gasteiger partial charge in [-0.2, -0.15) is 0 Å². The molecule has 2 N–H and O–H groups in total. The maximum absolute atomic E-state index is 12.6. The van der Waals surface area contributed by atoms with Crippen LogP contribution in [0.5, 0.6) is 0 Å². The predicted octanol–water partition coefficient (Wildman–Crippen LogP) is 1.91. The van der Waals surface area contributed by atoms with Gasteiger partial charge < -0.3 is 10.6 Å². The monoisotopic (exact) mass is 358 g/mol. The van der Waals surface area contributed by atoms with Gasteiger partial charge in [-0.05, 0) is 36.2 Å². The van der Waals surface area contributed by atoms with E-state index in [0.717, 1.165) is 24.1 Å². The highest BCUT2D eigenvalue weighted by Gasteiger charge is 2.26. The van der Waals surface area contributed by atoms with Crippen LogP contribution in [0.4, 0.5) is 0 Å². The molecule has 1 amide bonds. The van der Waals surface area contributed by atoms with E-state index in [1.165, 1.54) is 6.26 Å². The maximum Gasteiger partial charge on any atom is 0.225 e. The summed E-state index contributed by atoms with van der Waals surface area (Å²) in [6, 6.07) is 16.0. The molecule has 25 heavy (non-hydrogen) atoms. The second-order valence-corrected chi connectivity index (χ2v) is 8.40. The molecule has 1 aliphatic rings. The van der Waals surface area contributed by atoms with Gasteiger partial charge in [0, 0.05) is 12.8 Å². The van der Waals surface area contributed by atoms with E-state index in [1.807, 2.05) is 36.4 Å². The lowest BCUT2D eigenvalue weighted by Gasteiger charge is -2.22. The van der Waals surface area contributed by atoms with Crippen molar-refractivity contribution < 1.29 is 13.2 Å². The number of rotatable bonds is 5. The van der Waals surface area contributed by atoms with Crippen molar-refractivity contribution in [3.8, 4) is 0 Å². The summed E-state index contributed by atoms with van der Waals surface area (Å²) in [5.74, 6) is -0.0621. The number of hydrogen-bond donors (Lipinski definition) is 2. The van der Waals surface area contributed by atoms with Crippen LogP contribution in [-0.2, 0) is 14.6 Å². The molecule has 1 saturated heterocycles. The van der Waals surface area contributed by atoms with Crippen LogP contribution >= 0.6 is 0 Å².